The van der Waals surface area contributed by atoms with Gasteiger partial charge < -0.3 is 20.1 Å². The minimum Gasteiger partial charge on any atom is -0.493 e. The fourth-order valence-electron chi connectivity index (χ4n) is 5.88. The third-order valence-electron chi connectivity index (χ3n) is 7.71. The van der Waals surface area contributed by atoms with E-state index < -0.39 is 0 Å². The first-order chi connectivity index (χ1) is 16.6. The Morgan fingerprint density at radius 1 is 1.09 bits per heavy atom. The van der Waals surface area contributed by atoms with Gasteiger partial charge in [0.2, 0.25) is 0 Å². The van der Waals surface area contributed by atoms with E-state index in [0.717, 1.165) is 68.3 Å². The van der Waals surface area contributed by atoms with Gasteiger partial charge in [0.1, 0.15) is 0 Å². The molecule has 2 aromatic carbocycles. The van der Waals surface area contributed by atoms with Crippen LogP contribution in [0, 0.1) is 0 Å². The maximum Gasteiger partial charge on any atom is 0.166 e. The third kappa shape index (κ3) is 5.33. The lowest BCUT2D eigenvalue weighted by Gasteiger charge is -2.46. The van der Waals surface area contributed by atoms with Crippen LogP contribution >= 0.6 is 12.2 Å². The number of rotatable bonds is 9. The maximum absolute atomic E-state index is 5.68. The van der Waals surface area contributed by atoms with Crippen LogP contribution in [0.15, 0.2) is 48.5 Å². The highest BCUT2D eigenvalue weighted by Crippen LogP contribution is 2.50. The van der Waals surface area contributed by atoms with Crippen molar-refractivity contribution in [2.45, 2.75) is 69.5 Å². The number of hydrogen-bond donors (Lipinski definition) is 2. The smallest absolute Gasteiger partial charge is 0.166 e. The number of hydrogen-bond acceptors (Lipinski definition) is 4. The summed E-state index contributed by atoms with van der Waals surface area (Å²) in [6, 6.07) is 18.2. The summed E-state index contributed by atoms with van der Waals surface area (Å²) in [6.45, 7) is 5.22. The molecule has 1 aliphatic heterocycles. The number of benzene rings is 2. The summed E-state index contributed by atoms with van der Waals surface area (Å²) in [7, 11) is 3.42. The summed E-state index contributed by atoms with van der Waals surface area (Å²) >= 11 is 5.62. The van der Waals surface area contributed by atoms with Crippen LogP contribution in [0.25, 0.3) is 0 Å². The molecule has 0 aromatic heterocycles. The molecule has 1 saturated carbocycles. The quantitative estimate of drug-likeness (QED) is 0.387. The number of likely N-dealkylation sites (tertiary alicyclic amines) is 1. The number of thiocarbonyl (C=S) groups is 1. The molecule has 3 atom stereocenters. The first-order valence-electron chi connectivity index (χ1n) is 12.6. The summed E-state index contributed by atoms with van der Waals surface area (Å²) in [5, 5.41) is 7.82. The first-order valence-corrected chi connectivity index (χ1v) is 13.0. The summed E-state index contributed by atoms with van der Waals surface area (Å²) in [5.74, 6) is 1.60. The molecule has 2 N–H and O–H groups in total. The van der Waals surface area contributed by atoms with Gasteiger partial charge >= 0.3 is 0 Å². The largest absolute Gasteiger partial charge is 0.493 e. The van der Waals surface area contributed by atoms with Crippen molar-refractivity contribution in [1.29, 1.82) is 0 Å². The van der Waals surface area contributed by atoms with E-state index in [0.29, 0.717) is 12.1 Å². The highest BCUT2D eigenvalue weighted by atomic mass is 32.1. The van der Waals surface area contributed by atoms with E-state index in [-0.39, 0.29) is 5.41 Å². The highest BCUT2D eigenvalue weighted by molar-refractivity contribution is 7.80. The van der Waals surface area contributed by atoms with Crippen molar-refractivity contribution in [1.82, 2.24) is 15.5 Å². The van der Waals surface area contributed by atoms with E-state index in [9.17, 15) is 0 Å². The molecule has 4 rings (SSSR count). The van der Waals surface area contributed by atoms with Crippen LogP contribution in [-0.4, -0.2) is 49.4 Å². The monoisotopic (exact) mass is 481 g/mol. The maximum atomic E-state index is 5.68. The molecular formula is C28H39N3O2S. The lowest BCUT2D eigenvalue weighted by Crippen LogP contribution is -2.53. The van der Waals surface area contributed by atoms with E-state index in [2.05, 4.69) is 71.0 Å². The summed E-state index contributed by atoms with van der Waals surface area (Å²) in [4.78, 5) is 2.69. The van der Waals surface area contributed by atoms with Crippen molar-refractivity contribution in [3.8, 4) is 11.5 Å². The summed E-state index contributed by atoms with van der Waals surface area (Å²) < 4.78 is 11.2. The van der Waals surface area contributed by atoms with Gasteiger partial charge in [-0.1, -0.05) is 49.7 Å². The molecule has 0 radical (unpaired) electrons. The summed E-state index contributed by atoms with van der Waals surface area (Å²) in [5.41, 5.74) is 2.86. The van der Waals surface area contributed by atoms with E-state index in [1.165, 1.54) is 17.5 Å². The van der Waals surface area contributed by atoms with Gasteiger partial charge in [-0.25, -0.2) is 0 Å². The Labute approximate surface area is 210 Å². The van der Waals surface area contributed by atoms with Crippen LogP contribution in [0.4, 0.5) is 0 Å². The Bertz CT molecular complexity index is 954. The molecule has 0 spiro atoms. The molecule has 34 heavy (non-hydrogen) atoms. The number of nitrogens with one attached hydrogen (secondary N) is 2. The van der Waals surface area contributed by atoms with Crippen LogP contribution in [0.3, 0.4) is 0 Å². The van der Waals surface area contributed by atoms with E-state index in [4.69, 9.17) is 21.7 Å². The van der Waals surface area contributed by atoms with Crippen LogP contribution in [-0.2, 0) is 12.0 Å². The van der Waals surface area contributed by atoms with Gasteiger partial charge in [-0.05, 0) is 74.1 Å². The standard InChI is InChI=1S/C28H39N3O2S/c1-4-5-16-29-27(34)30-23-13-14-28(22-11-12-24(32-2)25(18-22)33-3)15-17-31(26(28)19-23)20-21-9-7-6-8-10-21/h6-12,18,23,26H,4-5,13-17,19-20H2,1-3H3,(H2,29,30,34). The Morgan fingerprint density at radius 2 is 1.88 bits per heavy atom. The van der Waals surface area contributed by atoms with Crippen molar-refractivity contribution in [3.05, 3.63) is 59.7 Å². The van der Waals surface area contributed by atoms with Gasteiger partial charge in [0, 0.05) is 30.6 Å². The van der Waals surface area contributed by atoms with Gasteiger partial charge in [0.25, 0.3) is 0 Å². The fraction of sp³-hybridized carbons (Fsp3) is 0.536. The van der Waals surface area contributed by atoms with Crippen molar-refractivity contribution >= 4 is 17.3 Å². The Balaban J connectivity index is 1.57. The fourth-order valence-corrected chi connectivity index (χ4v) is 6.15. The molecule has 0 bridgehead atoms. The molecule has 0 amide bonds. The minimum absolute atomic E-state index is 0.115. The number of nitrogens with zero attached hydrogens (tertiary/aromatic N) is 1. The molecule has 2 fully saturated rings. The van der Waals surface area contributed by atoms with Crippen LogP contribution in [0.5, 0.6) is 11.5 Å². The van der Waals surface area contributed by atoms with Crippen LogP contribution in [0.2, 0.25) is 0 Å². The predicted octanol–water partition coefficient (Wildman–Crippen LogP) is 5.03. The van der Waals surface area contributed by atoms with E-state index >= 15 is 0 Å². The van der Waals surface area contributed by atoms with Gasteiger partial charge in [0.15, 0.2) is 16.6 Å². The molecule has 1 aliphatic carbocycles. The molecule has 3 unspecified atom stereocenters. The average molecular weight is 482 g/mol. The SMILES string of the molecule is CCCCNC(=S)NC1CCC2(c3ccc(OC)c(OC)c3)CCN(Cc3ccccc3)C2C1. The zero-order chi connectivity index (χ0) is 24.0. The average Bonchev–Trinajstić information content (AvgIpc) is 3.23. The first kappa shape index (κ1) is 24.8. The molecule has 2 aliphatic rings. The number of unbranched alkanes of at least 4 members (excludes halogenated alkanes) is 1. The van der Waals surface area contributed by atoms with Crippen LogP contribution < -0.4 is 20.1 Å². The van der Waals surface area contributed by atoms with Crippen molar-refractivity contribution in [2.24, 2.45) is 0 Å². The molecule has 1 saturated heterocycles. The zero-order valence-corrected chi connectivity index (χ0v) is 21.6. The van der Waals surface area contributed by atoms with Crippen molar-refractivity contribution in [2.75, 3.05) is 27.3 Å². The normalized spacial score (nSPS) is 24.3. The number of ether oxygens (including phenoxy) is 2. The number of methoxy groups -OCH3 is 2. The van der Waals surface area contributed by atoms with E-state index in [1.54, 1.807) is 14.2 Å². The minimum atomic E-state index is 0.115. The molecular weight excluding hydrogens is 442 g/mol. The van der Waals surface area contributed by atoms with Gasteiger partial charge in [-0.15, -0.1) is 0 Å². The second-order valence-electron chi connectivity index (χ2n) is 9.67. The van der Waals surface area contributed by atoms with E-state index in [1.807, 2.05) is 0 Å². The Morgan fingerprint density at radius 3 is 2.62 bits per heavy atom. The molecule has 5 nitrogen and oxygen atoms in total. The lowest BCUT2D eigenvalue weighted by molar-refractivity contribution is 0.134. The van der Waals surface area contributed by atoms with Crippen molar-refractivity contribution < 1.29 is 9.47 Å². The molecule has 1 heterocycles. The Hall–Kier alpha value is -2.31. The third-order valence-corrected chi connectivity index (χ3v) is 7.97. The molecule has 6 heteroatoms. The predicted molar refractivity (Wildman–Crippen MR) is 143 cm³/mol. The van der Waals surface area contributed by atoms with Gasteiger partial charge in [0.05, 0.1) is 14.2 Å². The topological polar surface area (TPSA) is 45.8 Å². The Kier molecular flexibility index (Phi) is 8.32. The van der Waals surface area contributed by atoms with Gasteiger partial charge in [-0.3, -0.25) is 4.90 Å². The van der Waals surface area contributed by atoms with Crippen molar-refractivity contribution in [3.63, 3.8) is 0 Å². The molecule has 184 valence electrons. The van der Waals surface area contributed by atoms with Crippen LogP contribution in [0.1, 0.15) is 56.6 Å². The molecule has 2 aromatic rings. The van der Waals surface area contributed by atoms with Gasteiger partial charge in [-0.2, -0.15) is 0 Å². The zero-order valence-electron chi connectivity index (χ0n) is 20.8. The highest BCUT2D eigenvalue weighted by Gasteiger charge is 2.51. The summed E-state index contributed by atoms with van der Waals surface area (Å²) in [6.07, 6.45) is 6.79. The second kappa shape index (κ2) is 11.4. The second-order valence-corrected chi connectivity index (χ2v) is 10.1. The lowest BCUT2D eigenvalue weighted by atomic mass is 9.65. The number of fused-ring (bicyclic) bond motifs is 1.